The summed E-state index contributed by atoms with van der Waals surface area (Å²) >= 11 is 0. The Kier molecular flexibility index (Phi) is 6.67. The molecule has 1 fully saturated rings. The number of carbonyl (C=O) groups is 1. The number of amides is 1. The van der Waals surface area contributed by atoms with E-state index in [-0.39, 0.29) is 18.3 Å². The Balaban J connectivity index is 0.00000180. The van der Waals surface area contributed by atoms with Gasteiger partial charge in [0.15, 0.2) is 0 Å². The number of rotatable bonds is 5. The SMILES string of the molecule is Cl.NCC1CCN(C(=O)CCOc2ccccc2)C1. The molecule has 1 amide bonds. The molecule has 1 aliphatic rings. The maximum Gasteiger partial charge on any atom is 0.226 e. The van der Waals surface area contributed by atoms with Gasteiger partial charge in [-0.3, -0.25) is 4.79 Å². The zero-order valence-corrected chi connectivity index (χ0v) is 11.8. The number of carbonyl (C=O) groups excluding carboxylic acids is 1. The van der Waals surface area contributed by atoms with E-state index < -0.39 is 0 Å². The van der Waals surface area contributed by atoms with Crippen LogP contribution in [0.15, 0.2) is 30.3 Å². The molecular weight excluding hydrogens is 264 g/mol. The lowest BCUT2D eigenvalue weighted by Crippen LogP contribution is -2.30. The lowest BCUT2D eigenvalue weighted by Gasteiger charge is -2.16. The van der Waals surface area contributed by atoms with Crippen molar-refractivity contribution in [3.8, 4) is 5.75 Å². The molecule has 1 aliphatic heterocycles. The van der Waals surface area contributed by atoms with Crippen LogP contribution in [0.2, 0.25) is 0 Å². The minimum Gasteiger partial charge on any atom is -0.493 e. The normalized spacial score (nSPS) is 17.9. The molecule has 5 heteroatoms. The Morgan fingerprint density at radius 1 is 1.37 bits per heavy atom. The molecule has 0 spiro atoms. The van der Waals surface area contributed by atoms with E-state index in [1.807, 2.05) is 35.2 Å². The second-order valence-corrected chi connectivity index (χ2v) is 4.64. The first-order chi connectivity index (χ1) is 8.79. The van der Waals surface area contributed by atoms with Crippen LogP contribution in [0, 0.1) is 5.92 Å². The predicted octanol–water partition coefficient (Wildman–Crippen LogP) is 1.68. The molecule has 1 saturated heterocycles. The van der Waals surface area contributed by atoms with Crippen molar-refractivity contribution in [2.75, 3.05) is 26.2 Å². The van der Waals surface area contributed by atoms with Crippen LogP contribution >= 0.6 is 12.4 Å². The molecule has 0 aromatic heterocycles. The standard InChI is InChI=1S/C14H20N2O2.ClH/c15-10-12-6-8-16(11-12)14(17)7-9-18-13-4-2-1-3-5-13;/h1-5,12H,6-11,15H2;1H. The van der Waals surface area contributed by atoms with E-state index in [0.717, 1.165) is 25.3 Å². The van der Waals surface area contributed by atoms with Crippen molar-refractivity contribution in [2.45, 2.75) is 12.8 Å². The second kappa shape index (κ2) is 8.02. The van der Waals surface area contributed by atoms with E-state index in [0.29, 0.717) is 25.5 Å². The van der Waals surface area contributed by atoms with Crippen molar-refractivity contribution in [1.82, 2.24) is 4.90 Å². The molecule has 0 aliphatic carbocycles. The van der Waals surface area contributed by atoms with E-state index in [4.69, 9.17) is 10.5 Å². The summed E-state index contributed by atoms with van der Waals surface area (Å²) in [6.07, 6.45) is 1.47. The van der Waals surface area contributed by atoms with Crippen molar-refractivity contribution >= 4 is 18.3 Å². The summed E-state index contributed by atoms with van der Waals surface area (Å²) in [5, 5.41) is 0. The molecule has 19 heavy (non-hydrogen) atoms. The minimum absolute atomic E-state index is 0. The number of halogens is 1. The Morgan fingerprint density at radius 3 is 2.74 bits per heavy atom. The Hall–Kier alpha value is -1.26. The van der Waals surface area contributed by atoms with Crippen LogP contribution in [0.3, 0.4) is 0 Å². The van der Waals surface area contributed by atoms with Crippen LogP contribution in [0.5, 0.6) is 5.75 Å². The Bertz CT molecular complexity index is 386. The zero-order valence-electron chi connectivity index (χ0n) is 11.0. The number of nitrogens with two attached hydrogens (primary N) is 1. The van der Waals surface area contributed by atoms with Gasteiger partial charge in [0.2, 0.25) is 5.91 Å². The highest BCUT2D eigenvalue weighted by Crippen LogP contribution is 2.16. The van der Waals surface area contributed by atoms with Crippen LogP contribution in [0.1, 0.15) is 12.8 Å². The van der Waals surface area contributed by atoms with Gasteiger partial charge in [-0.25, -0.2) is 0 Å². The number of likely N-dealkylation sites (tertiary alicyclic amines) is 1. The van der Waals surface area contributed by atoms with E-state index >= 15 is 0 Å². The summed E-state index contributed by atoms with van der Waals surface area (Å²) in [6, 6.07) is 9.57. The van der Waals surface area contributed by atoms with Crippen molar-refractivity contribution in [3.05, 3.63) is 30.3 Å². The van der Waals surface area contributed by atoms with Gasteiger partial charge in [-0.05, 0) is 31.0 Å². The zero-order chi connectivity index (χ0) is 12.8. The maximum absolute atomic E-state index is 11.9. The number of nitrogens with zero attached hydrogens (tertiary/aromatic N) is 1. The molecular formula is C14H21ClN2O2. The highest BCUT2D eigenvalue weighted by Gasteiger charge is 2.24. The number of hydrogen-bond acceptors (Lipinski definition) is 3. The van der Waals surface area contributed by atoms with Gasteiger partial charge in [0.25, 0.3) is 0 Å². The van der Waals surface area contributed by atoms with Gasteiger partial charge < -0.3 is 15.4 Å². The maximum atomic E-state index is 11.9. The van der Waals surface area contributed by atoms with E-state index in [1.54, 1.807) is 0 Å². The Morgan fingerprint density at radius 2 is 2.11 bits per heavy atom. The van der Waals surface area contributed by atoms with Crippen molar-refractivity contribution in [3.63, 3.8) is 0 Å². The molecule has 1 unspecified atom stereocenters. The summed E-state index contributed by atoms with van der Waals surface area (Å²) in [5.41, 5.74) is 5.61. The van der Waals surface area contributed by atoms with E-state index in [9.17, 15) is 4.79 Å². The monoisotopic (exact) mass is 284 g/mol. The van der Waals surface area contributed by atoms with Crippen LogP contribution in [0.4, 0.5) is 0 Å². The van der Waals surface area contributed by atoms with E-state index in [1.165, 1.54) is 0 Å². The largest absolute Gasteiger partial charge is 0.493 e. The fourth-order valence-corrected chi connectivity index (χ4v) is 2.18. The molecule has 4 nitrogen and oxygen atoms in total. The van der Waals surface area contributed by atoms with Crippen LogP contribution < -0.4 is 10.5 Å². The molecule has 1 heterocycles. The van der Waals surface area contributed by atoms with Gasteiger partial charge in [0.1, 0.15) is 5.75 Å². The van der Waals surface area contributed by atoms with Gasteiger partial charge in [-0.1, -0.05) is 18.2 Å². The second-order valence-electron chi connectivity index (χ2n) is 4.64. The highest BCUT2D eigenvalue weighted by atomic mass is 35.5. The molecule has 2 rings (SSSR count). The average molecular weight is 285 g/mol. The lowest BCUT2D eigenvalue weighted by molar-refractivity contribution is -0.130. The predicted molar refractivity (Wildman–Crippen MR) is 77.5 cm³/mol. The third-order valence-corrected chi connectivity index (χ3v) is 3.30. The smallest absolute Gasteiger partial charge is 0.226 e. The molecule has 2 N–H and O–H groups in total. The summed E-state index contributed by atoms with van der Waals surface area (Å²) in [5.74, 6) is 1.46. The van der Waals surface area contributed by atoms with Crippen LogP contribution in [0.25, 0.3) is 0 Å². The highest BCUT2D eigenvalue weighted by molar-refractivity contribution is 5.85. The minimum atomic E-state index is 0. The van der Waals surface area contributed by atoms with Crippen LogP contribution in [-0.2, 0) is 4.79 Å². The number of benzene rings is 1. The summed E-state index contributed by atoms with van der Waals surface area (Å²) in [6.45, 7) is 2.75. The first-order valence-electron chi connectivity index (χ1n) is 6.45. The molecule has 1 aromatic rings. The lowest BCUT2D eigenvalue weighted by atomic mass is 10.1. The fraction of sp³-hybridized carbons (Fsp3) is 0.500. The molecule has 1 atom stereocenters. The average Bonchev–Trinajstić information content (AvgIpc) is 2.89. The summed E-state index contributed by atoms with van der Waals surface area (Å²) in [7, 11) is 0. The molecule has 1 aromatic carbocycles. The van der Waals surface area contributed by atoms with Gasteiger partial charge in [0.05, 0.1) is 13.0 Å². The molecule has 106 valence electrons. The van der Waals surface area contributed by atoms with Crippen molar-refractivity contribution < 1.29 is 9.53 Å². The third-order valence-electron chi connectivity index (χ3n) is 3.30. The quantitative estimate of drug-likeness (QED) is 0.895. The van der Waals surface area contributed by atoms with Crippen molar-refractivity contribution in [1.29, 1.82) is 0 Å². The van der Waals surface area contributed by atoms with Gasteiger partial charge in [-0.2, -0.15) is 0 Å². The van der Waals surface area contributed by atoms with E-state index in [2.05, 4.69) is 0 Å². The third kappa shape index (κ3) is 4.73. The summed E-state index contributed by atoms with van der Waals surface area (Å²) in [4.78, 5) is 13.8. The molecule has 0 radical (unpaired) electrons. The van der Waals surface area contributed by atoms with Crippen molar-refractivity contribution in [2.24, 2.45) is 11.7 Å². The summed E-state index contributed by atoms with van der Waals surface area (Å²) < 4.78 is 5.52. The van der Waals surface area contributed by atoms with Gasteiger partial charge >= 0.3 is 0 Å². The molecule has 0 saturated carbocycles. The number of ether oxygens (including phenoxy) is 1. The first-order valence-corrected chi connectivity index (χ1v) is 6.45. The first kappa shape index (κ1) is 15.8. The van der Waals surface area contributed by atoms with Gasteiger partial charge in [-0.15, -0.1) is 12.4 Å². The number of hydrogen-bond donors (Lipinski definition) is 1. The van der Waals surface area contributed by atoms with Crippen LogP contribution in [-0.4, -0.2) is 37.0 Å². The fourth-order valence-electron chi connectivity index (χ4n) is 2.18. The van der Waals surface area contributed by atoms with Gasteiger partial charge in [0, 0.05) is 13.1 Å². The Labute approximate surface area is 120 Å². The number of para-hydroxylation sites is 1. The molecule has 0 bridgehead atoms. The topological polar surface area (TPSA) is 55.6 Å².